The summed E-state index contributed by atoms with van der Waals surface area (Å²) in [5.74, 6) is 0.766. The molecule has 5 nitrogen and oxygen atoms in total. The predicted molar refractivity (Wildman–Crippen MR) is 95.4 cm³/mol. The molecule has 25 heavy (non-hydrogen) atoms. The van der Waals surface area contributed by atoms with E-state index < -0.39 is 0 Å². The van der Waals surface area contributed by atoms with E-state index in [-0.39, 0.29) is 5.91 Å². The SMILES string of the molecule is Cc1cccc(CN(C(=O)c2ccnc(-n3ccnc3)c2)C2CC2)c1. The van der Waals surface area contributed by atoms with Crippen LogP contribution in [0.2, 0.25) is 0 Å². The van der Waals surface area contributed by atoms with Crippen LogP contribution in [0.4, 0.5) is 0 Å². The molecular formula is C20H20N4O. The van der Waals surface area contributed by atoms with Gasteiger partial charge in [-0.2, -0.15) is 0 Å². The van der Waals surface area contributed by atoms with Gasteiger partial charge in [0.05, 0.1) is 0 Å². The lowest BCUT2D eigenvalue weighted by atomic mass is 10.1. The minimum Gasteiger partial charge on any atom is -0.331 e. The van der Waals surface area contributed by atoms with Crippen molar-refractivity contribution in [3.05, 3.63) is 78.0 Å². The van der Waals surface area contributed by atoms with Gasteiger partial charge in [-0.1, -0.05) is 29.8 Å². The zero-order valence-corrected chi connectivity index (χ0v) is 14.2. The maximum absolute atomic E-state index is 13.1. The van der Waals surface area contributed by atoms with E-state index in [1.165, 1.54) is 11.1 Å². The number of rotatable bonds is 5. The molecule has 1 aliphatic rings. The fraction of sp³-hybridized carbons (Fsp3) is 0.250. The van der Waals surface area contributed by atoms with E-state index in [9.17, 15) is 4.79 Å². The summed E-state index contributed by atoms with van der Waals surface area (Å²) in [5, 5.41) is 0. The number of carbonyl (C=O) groups excluding carboxylic acids is 1. The first-order valence-corrected chi connectivity index (χ1v) is 8.51. The van der Waals surface area contributed by atoms with Crippen LogP contribution in [0, 0.1) is 6.92 Å². The van der Waals surface area contributed by atoms with Gasteiger partial charge in [0.15, 0.2) is 0 Å². The van der Waals surface area contributed by atoms with Gasteiger partial charge in [-0.15, -0.1) is 0 Å². The largest absolute Gasteiger partial charge is 0.331 e. The number of hydrogen-bond acceptors (Lipinski definition) is 3. The van der Waals surface area contributed by atoms with E-state index in [4.69, 9.17) is 0 Å². The second-order valence-corrected chi connectivity index (χ2v) is 6.53. The topological polar surface area (TPSA) is 51.0 Å². The Morgan fingerprint density at radius 1 is 1.24 bits per heavy atom. The molecule has 0 spiro atoms. The highest BCUT2D eigenvalue weighted by molar-refractivity contribution is 5.95. The Hall–Kier alpha value is -2.95. The molecule has 3 aromatic rings. The zero-order valence-electron chi connectivity index (χ0n) is 14.2. The van der Waals surface area contributed by atoms with E-state index >= 15 is 0 Å². The smallest absolute Gasteiger partial charge is 0.254 e. The highest BCUT2D eigenvalue weighted by Crippen LogP contribution is 2.30. The molecule has 1 aromatic carbocycles. The Morgan fingerprint density at radius 3 is 2.84 bits per heavy atom. The van der Waals surface area contributed by atoms with Gasteiger partial charge < -0.3 is 4.90 Å². The second kappa shape index (κ2) is 6.51. The number of imidazole rings is 1. The number of benzene rings is 1. The standard InChI is InChI=1S/C20H20N4O/c1-15-3-2-4-16(11-15)13-24(18-5-6-18)20(25)17-7-8-22-19(12-17)23-10-9-21-14-23/h2-4,7-12,14,18H,5-6,13H2,1H3. The van der Waals surface area contributed by atoms with Crippen LogP contribution in [-0.4, -0.2) is 31.4 Å². The van der Waals surface area contributed by atoms with Crippen LogP contribution in [0.3, 0.4) is 0 Å². The Kier molecular flexibility index (Phi) is 4.06. The van der Waals surface area contributed by atoms with Gasteiger partial charge in [-0.05, 0) is 37.5 Å². The van der Waals surface area contributed by atoms with Crippen LogP contribution in [0.5, 0.6) is 0 Å². The predicted octanol–water partition coefficient (Wildman–Crippen LogP) is 3.38. The summed E-state index contributed by atoms with van der Waals surface area (Å²) in [7, 11) is 0. The van der Waals surface area contributed by atoms with Crippen LogP contribution in [0.25, 0.3) is 5.82 Å². The first kappa shape index (κ1) is 15.6. The van der Waals surface area contributed by atoms with Crippen molar-refractivity contribution in [1.82, 2.24) is 19.4 Å². The number of pyridine rings is 1. The van der Waals surface area contributed by atoms with Crippen LogP contribution >= 0.6 is 0 Å². The highest BCUT2D eigenvalue weighted by atomic mass is 16.2. The number of aromatic nitrogens is 3. The Balaban J connectivity index is 1.60. The molecule has 1 fully saturated rings. The van der Waals surface area contributed by atoms with E-state index in [2.05, 4.69) is 35.1 Å². The lowest BCUT2D eigenvalue weighted by Gasteiger charge is -2.23. The molecule has 4 rings (SSSR count). The molecule has 1 aliphatic carbocycles. The lowest BCUT2D eigenvalue weighted by Crippen LogP contribution is -2.32. The molecule has 0 saturated heterocycles. The summed E-state index contributed by atoms with van der Waals surface area (Å²) in [6, 6.07) is 12.3. The summed E-state index contributed by atoms with van der Waals surface area (Å²) in [6.45, 7) is 2.72. The van der Waals surface area contributed by atoms with Crippen LogP contribution in [0.15, 0.2) is 61.3 Å². The molecule has 0 aliphatic heterocycles. The van der Waals surface area contributed by atoms with Crippen LogP contribution < -0.4 is 0 Å². The van der Waals surface area contributed by atoms with Gasteiger partial charge >= 0.3 is 0 Å². The average Bonchev–Trinajstić information content (AvgIpc) is 3.32. The summed E-state index contributed by atoms with van der Waals surface area (Å²) in [5.41, 5.74) is 3.05. The minimum absolute atomic E-state index is 0.0628. The maximum atomic E-state index is 13.1. The van der Waals surface area contributed by atoms with E-state index in [0.29, 0.717) is 24.0 Å². The molecule has 0 N–H and O–H groups in total. The van der Waals surface area contributed by atoms with Crippen molar-refractivity contribution in [3.8, 4) is 5.82 Å². The molecule has 0 radical (unpaired) electrons. The van der Waals surface area contributed by atoms with Gasteiger partial charge in [-0.25, -0.2) is 9.97 Å². The Morgan fingerprint density at radius 2 is 2.12 bits per heavy atom. The van der Waals surface area contributed by atoms with Gasteiger partial charge in [-0.3, -0.25) is 9.36 Å². The molecular weight excluding hydrogens is 312 g/mol. The van der Waals surface area contributed by atoms with E-state index in [0.717, 1.165) is 12.8 Å². The van der Waals surface area contributed by atoms with Crippen molar-refractivity contribution in [2.45, 2.75) is 32.4 Å². The average molecular weight is 332 g/mol. The highest BCUT2D eigenvalue weighted by Gasteiger charge is 2.33. The van der Waals surface area contributed by atoms with Crippen LogP contribution in [-0.2, 0) is 6.54 Å². The first-order valence-electron chi connectivity index (χ1n) is 8.51. The van der Waals surface area contributed by atoms with Gasteiger partial charge in [0.25, 0.3) is 5.91 Å². The fourth-order valence-electron chi connectivity index (χ4n) is 3.01. The molecule has 2 heterocycles. The third kappa shape index (κ3) is 3.45. The quantitative estimate of drug-likeness (QED) is 0.720. The van der Waals surface area contributed by atoms with Crippen molar-refractivity contribution < 1.29 is 4.79 Å². The molecule has 0 bridgehead atoms. The number of hydrogen-bond donors (Lipinski definition) is 0. The van der Waals surface area contributed by atoms with Crippen molar-refractivity contribution in [2.75, 3.05) is 0 Å². The van der Waals surface area contributed by atoms with Gasteiger partial charge in [0.2, 0.25) is 0 Å². The zero-order chi connectivity index (χ0) is 17.2. The fourth-order valence-corrected chi connectivity index (χ4v) is 3.01. The molecule has 0 atom stereocenters. The van der Waals surface area contributed by atoms with Crippen molar-refractivity contribution in [3.63, 3.8) is 0 Å². The number of nitrogens with zero attached hydrogens (tertiary/aromatic N) is 4. The molecule has 1 amide bonds. The van der Waals surface area contributed by atoms with Crippen molar-refractivity contribution in [1.29, 1.82) is 0 Å². The number of aryl methyl sites for hydroxylation is 1. The lowest BCUT2D eigenvalue weighted by molar-refractivity contribution is 0.0729. The normalized spacial score (nSPS) is 13.6. The van der Waals surface area contributed by atoms with Gasteiger partial charge in [0, 0.05) is 36.7 Å². The second-order valence-electron chi connectivity index (χ2n) is 6.53. The summed E-state index contributed by atoms with van der Waals surface area (Å²) in [4.78, 5) is 23.5. The number of carbonyl (C=O) groups is 1. The molecule has 0 unspecified atom stereocenters. The third-order valence-electron chi connectivity index (χ3n) is 4.45. The third-order valence-corrected chi connectivity index (χ3v) is 4.45. The van der Waals surface area contributed by atoms with Crippen molar-refractivity contribution in [2.24, 2.45) is 0 Å². The summed E-state index contributed by atoms with van der Waals surface area (Å²) < 4.78 is 1.80. The Bertz CT molecular complexity index is 884. The van der Waals surface area contributed by atoms with Crippen molar-refractivity contribution >= 4 is 5.91 Å². The molecule has 1 saturated carbocycles. The maximum Gasteiger partial charge on any atom is 0.254 e. The monoisotopic (exact) mass is 332 g/mol. The Labute approximate surface area is 147 Å². The van der Waals surface area contributed by atoms with Gasteiger partial charge in [0.1, 0.15) is 12.1 Å². The summed E-state index contributed by atoms with van der Waals surface area (Å²) in [6.07, 6.45) is 9.04. The van der Waals surface area contributed by atoms with E-state index in [1.807, 2.05) is 23.2 Å². The first-order chi connectivity index (χ1) is 12.2. The molecule has 126 valence electrons. The summed E-state index contributed by atoms with van der Waals surface area (Å²) >= 11 is 0. The molecule has 2 aromatic heterocycles. The number of amides is 1. The minimum atomic E-state index is 0.0628. The molecule has 5 heteroatoms. The van der Waals surface area contributed by atoms with E-state index in [1.54, 1.807) is 29.4 Å². The van der Waals surface area contributed by atoms with Crippen LogP contribution in [0.1, 0.15) is 34.3 Å².